The lowest BCUT2D eigenvalue weighted by Gasteiger charge is -2.38. The number of nitrogens with one attached hydrogen (secondary N) is 1. The number of amides is 2. The van der Waals surface area contributed by atoms with Crippen molar-refractivity contribution in [3.8, 4) is 0 Å². The largest absolute Gasteiger partial charge is 0.356 e. The van der Waals surface area contributed by atoms with E-state index in [2.05, 4.69) is 12.2 Å². The molecule has 1 saturated heterocycles. The highest BCUT2D eigenvalue weighted by atomic mass is 19.1. The molecule has 1 aliphatic heterocycles. The number of piperidine rings is 1. The summed E-state index contributed by atoms with van der Waals surface area (Å²) in [6.07, 6.45) is 2.70. The lowest BCUT2D eigenvalue weighted by molar-refractivity contribution is -0.141. The van der Waals surface area contributed by atoms with Gasteiger partial charge >= 0.3 is 0 Å². The van der Waals surface area contributed by atoms with Crippen LogP contribution >= 0.6 is 0 Å². The number of carbonyl (C=O) groups is 2. The van der Waals surface area contributed by atoms with Gasteiger partial charge in [0, 0.05) is 25.6 Å². The van der Waals surface area contributed by atoms with Crippen LogP contribution in [-0.2, 0) is 9.59 Å². The zero-order valence-electron chi connectivity index (χ0n) is 13.1. The molecule has 2 atom stereocenters. The van der Waals surface area contributed by atoms with Crippen molar-refractivity contribution in [2.24, 2.45) is 5.92 Å². The van der Waals surface area contributed by atoms with Gasteiger partial charge in [0.05, 0.1) is 12.0 Å². The summed E-state index contributed by atoms with van der Waals surface area (Å²) in [6, 6.07) is 5.83. The van der Waals surface area contributed by atoms with E-state index >= 15 is 0 Å². The molecule has 0 aliphatic carbocycles. The summed E-state index contributed by atoms with van der Waals surface area (Å²) < 4.78 is 14.1. The third kappa shape index (κ3) is 3.46. The second-order valence-corrected chi connectivity index (χ2v) is 5.76. The Balaban J connectivity index is 2.25. The van der Waals surface area contributed by atoms with Crippen molar-refractivity contribution in [1.82, 2.24) is 10.2 Å². The van der Waals surface area contributed by atoms with E-state index in [1.54, 1.807) is 25.2 Å². The quantitative estimate of drug-likeness (QED) is 0.850. The normalized spacial score (nSPS) is 21.8. The van der Waals surface area contributed by atoms with Gasteiger partial charge in [0.15, 0.2) is 0 Å². The van der Waals surface area contributed by atoms with E-state index in [0.717, 1.165) is 12.8 Å². The Labute approximate surface area is 130 Å². The summed E-state index contributed by atoms with van der Waals surface area (Å²) in [5, 5.41) is 2.91. The lowest BCUT2D eigenvalue weighted by Crippen LogP contribution is -2.46. The SMILES string of the molecule is CCCCNC(=O)[C@H]1CCC(=O)N(C)[C@@H]1c1ccccc1F. The van der Waals surface area contributed by atoms with E-state index in [9.17, 15) is 14.0 Å². The maximum Gasteiger partial charge on any atom is 0.225 e. The second-order valence-electron chi connectivity index (χ2n) is 5.76. The van der Waals surface area contributed by atoms with Gasteiger partial charge in [-0.2, -0.15) is 0 Å². The maximum atomic E-state index is 14.1. The standard InChI is InChI=1S/C17H23FN2O2/c1-3-4-11-19-17(22)13-9-10-15(21)20(2)16(13)12-7-5-6-8-14(12)18/h5-8,13,16H,3-4,9-11H2,1-2H3,(H,19,22)/t13-,16+/m0/s1. The zero-order valence-corrected chi connectivity index (χ0v) is 13.1. The Morgan fingerprint density at radius 3 is 2.82 bits per heavy atom. The van der Waals surface area contributed by atoms with E-state index < -0.39 is 12.0 Å². The monoisotopic (exact) mass is 306 g/mol. The van der Waals surface area contributed by atoms with Crippen molar-refractivity contribution in [3.63, 3.8) is 0 Å². The van der Waals surface area contributed by atoms with Crippen molar-refractivity contribution >= 4 is 11.8 Å². The van der Waals surface area contributed by atoms with Gasteiger partial charge in [0.25, 0.3) is 0 Å². The van der Waals surface area contributed by atoms with Crippen LogP contribution in [-0.4, -0.2) is 30.3 Å². The second kappa shape index (κ2) is 7.38. The first-order valence-corrected chi connectivity index (χ1v) is 7.84. The van der Waals surface area contributed by atoms with E-state index in [4.69, 9.17) is 0 Å². The maximum absolute atomic E-state index is 14.1. The van der Waals surface area contributed by atoms with Gasteiger partial charge in [-0.05, 0) is 18.9 Å². The molecule has 1 heterocycles. The van der Waals surface area contributed by atoms with Crippen molar-refractivity contribution < 1.29 is 14.0 Å². The highest BCUT2D eigenvalue weighted by Crippen LogP contribution is 2.36. The fourth-order valence-corrected chi connectivity index (χ4v) is 2.97. The highest BCUT2D eigenvalue weighted by molar-refractivity contribution is 5.84. The Kier molecular flexibility index (Phi) is 5.52. The molecule has 2 amide bonds. The Morgan fingerprint density at radius 2 is 2.14 bits per heavy atom. The van der Waals surface area contributed by atoms with Crippen molar-refractivity contribution in [3.05, 3.63) is 35.6 Å². The van der Waals surface area contributed by atoms with Gasteiger partial charge < -0.3 is 10.2 Å². The van der Waals surface area contributed by atoms with E-state index in [1.165, 1.54) is 11.0 Å². The molecule has 4 nitrogen and oxygen atoms in total. The number of rotatable bonds is 5. The lowest BCUT2D eigenvalue weighted by atomic mass is 9.83. The van der Waals surface area contributed by atoms with Crippen molar-refractivity contribution in [2.45, 2.75) is 38.6 Å². The first kappa shape index (κ1) is 16.5. The number of hydrogen-bond donors (Lipinski definition) is 1. The molecule has 1 N–H and O–H groups in total. The van der Waals surface area contributed by atoms with Crippen LogP contribution in [0.1, 0.15) is 44.2 Å². The van der Waals surface area contributed by atoms with Crippen LogP contribution in [0.15, 0.2) is 24.3 Å². The fourth-order valence-electron chi connectivity index (χ4n) is 2.97. The molecular formula is C17H23FN2O2. The molecule has 0 aromatic heterocycles. The van der Waals surface area contributed by atoms with Crippen molar-refractivity contribution in [1.29, 1.82) is 0 Å². The van der Waals surface area contributed by atoms with E-state index in [1.807, 2.05) is 0 Å². The van der Waals surface area contributed by atoms with Crippen LogP contribution in [0.3, 0.4) is 0 Å². The zero-order chi connectivity index (χ0) is 16.1. The van der Waals surface area contributed by atoms with Gasteiger partial charge in [-0.1, -0.05) is 31.5 Å². The van der Waals surface area contributed by atoms with Crippen LogP contribution in [0.2, 0.25) is 0 Å². The van der Waals surface area contributed by atoms with Gasteiger partial charge in [-0.3, -0.25) is 9.59 Å². The minimum Gasteiger partial charge on any atom is -0.356 e. The van der Waals surface area contributed by atoms with Crippen LogP contribution in [0.5, 0.6) is 0 Å². The van der Waals surface area contributed by atoms with E-state index in [0.29, 0.717) is 24.9 Å². The molecule has 5 heteroatoms. The van der Waals surface area contributed by atoms with E-state index in [-0.39, 0.29) is 17.6 Å². The number of likely N-dealkylation sites (tertiary alicyclic amines) is 1. The molecular weight excluding hydrogens is 283 g/mol. The number of carbonyl (C=O) groups excluding carboxylic acids is 2. The molecule has 1 aromatic rings. The molecule has 0 unspecified atom stereocenters. The Morgan fingerprint density at radius 1 is 1.41 bits per heavy atom. The number of hydrogen-bond acceptors (Lipinski definition) is 2. The number of halogens is 1. The molecule has 0 bridgehead atoms. The first-order chi connectivity index (χ1) is 10.6. The molecule has 0 radical (unpaired) electrons. The number of nitrogens with zero attached hydrogens (tertiary/aromatic N) is 1. The predicted molar refractivity (Wildman–Crippen MR) is 82.6 cm³/mol. The highest BCUT2D eigenvalue weighted by Gasteiger charge is 2.39. The van der Waals surface area contributed by atoms with Crippen molar-refractivity contribution in [2.75, 3.05) is 13.6 Å². The molecule has 1 aliphatic rings. The van der Waals surface area contributed by atoms with Crippen LogP contribution in [0.4, 0.5) is 4.39 Å². The average Bonchev–Trinajstić information content (AvgIpc) is 2.51. The summed E-state index contributed by atoms with van der Waals surface area (Å²) >= 11 is 0. The molecule has 22 heavy (non-hydrogen) atoms. The van der Waals surface area contributed by atoms with Crippen LogP contribution in [0, 0.1) is 11.7 Å². The summed E-state index contributed by atoms with van der Waals surface area (Å²) in [7, 11) is 1.64. The predicted octanol–water partition coefficient (Wildman–Crippen LogP) is 2.65. The van der Waals surface area contributed by atoms with Gasteiger partial charge in [0.1, 0.15) is 5.82 Å². The fraction of sp³-hybridized carbons (Fsp3) is 0.529. The topological polar surface area (TPSA) is 49.4 Å². The minimum atomic E-state index is -0.538. The Bertz CT molecular complexity index is 547. The third-order valence-corrected chi connectivity index (χ3v) is 4.25. The molecule has 1 aromatic carbocycles. The number of unbranched alkanes of at least 4 members (excludes halogenated alkanes) is 1. The molecule has 0 spiro atoms. The molecule has 2 rings (SSSR count). The summed E-state index contributed by atoms with van der Waals surface area (Å²) in [6.45, 7) is 2.68. The first-order valence-electron chi connectivity index (χ1n) is 7.84. The summed E-state index contributed by atoms with van der Waals surface area (Å²) in [4.78, 5) is 25.9. The minimum absolute atomic E-state index is 0.0501. The summed E-state index contributed by atoms with van der Waals surface area (Å²) in [5.74, 6) is -0.927. The molecule has 120 valence electrons. The van der Waals surface area contributed by atoms with Crippen LogP contribution in [0.25, 0.3) is 0 Å². The molecule has 1 fully saturated rings. The van der Waals surface area contributed by atoms with Gasteiger partial charge in [-0.15, -0.1) is 0 Å². The Hall–Kier alpha value is -1.91. The van der Waals surface area contributed by atoms with Crippen LogP contribution < -0.4 is 5.32 Å². The third-order valence-electron chi connectivity index (χ3n) is 4.25. The van der Waals surface area contributed by atoms with Gasteiger partial charge in [-0.25, -0.2) is 4.39 Å². The average molecular weight is 306 g/mol. The molecule has 0 saturated carbocycles. The smallest absolute Gasteiger partial charge is 0.225 e. The van der Waals surface area contributed by atoms with Gasteiger partial charge in [0.2, 0.25) is 11.8 Å². The summed E-state index contributed by atoms with van der Waals surface area (Å²) in [5.41, 5.74) is 0.411. The number of benzene rings is 1.